The lowest BCUT2D eigenvalue weighted by molar-refractivity contribution is 0.101. The predicted molar refractivity (Wildman–Crippen MR) is 78.9 cm³/mol. The van der Waals surface area contributed by atoms with Crippen molar-refractivity contribution < 1.29 is 4.74 Å². The van der Waals surface area contributed by atoms with E-state index in [9.17, 15) is 0 Å². The number of halogens is 2. The first-order chi connectivity index (χ1) is 8.65. The molecule has 1 aromatic rings. The van der Waals surface area contributed by atoms with Gasteiger partial charge in [-0.05, 0) is 55.9 Å². The Morgan fingerprint density at radius 1 is 1.44 bits per heavy atom. The molecule has 1 aromatic carbocycles. The van der Waals surface area contributed by atoms with E-state index in [2.05, 4.69) is 15.9 Å². The van der Waals surface area contributed by atoms with Gasteiger partial charge >= 0.3 is 0 Å². The molecule has 0 bridgehead atoms. The number of benzene rings is 1. The van der Waals surface area contributed by atoms with Gasteiger partial charge in [0.05, 0.1) is 6.10 Å². The number of rotatable bonds is 5. The van der Waals surface area contributed by atoms with E-state index in [0.717, 1.165) is 40.9 Å². The minimum atomic E-state index is 0.0569. The molecule has 0 amide bonds. The summed E-state index contributed by atoms with van der Waals surface area (Å²) in [5.74, 6) is 0. The van der Waals surface area contributed by atoms with E-state index in [-0.39, 0.29) is 6.04 Å². The van der Waals surface area contributed by atoms with Crippen molar-refractivity contribution in [3.05, 3.63) is 33.3 Å². The second-order valence-electron chi connectivity index (χ2n) is 4.88. The average molecular weight is 333 g/mol. The van der Waals surface area contributed by atoms with E-state index < -0.39 is 0 Å². The maximum absolute atomic E-state index is 6.20. The van der Waals surface area contributed by atoms with Crippen LogP contribution in [0, 0.1) is 0 Å². The van der Waals surface area contributed by atoms with Crippen LogP contribution in [-0.2, 0) is 4.74 Å². The van der Waals surface area contributed by atoms with Crippen molar-refractivity contribution in [1.82, 2.24) is 0 Å². The SMILES string of the molecule is NC(CCCC1CCCO1)c1cc(Cl)cc(Br)c1. The van der Waals surface area contributed by atoms with E-state index in [1.165, 1.54) is 12.8 Å². The molecule has 1 fully saturated rings. The molecule has 0 radical (unpaired) electrons. The fourth-order valence-corrected chi connectivity index (χ4v) is 3.28. The third-order valence-corrected chi connectivity index (χ3v) is 4.05. The Kier molecular flexibility index (Phi) is 5.49. The Balaban J connectivity index is 1.81. The van der Waals surface area contributed by atoms with Gasteiger partial charge in [0.15, 0.2) is 0 Å². The van der Waals surface area contributed by atoms with Crippen LogP contribution in [0.1, 0.15) is 43.7 Å². The van der Waals surface area contributed by atoms with E-state index in [1.807, 2.05) is 18.2 Å². The summed E-state index contributed by atoms with van der Waals surface area (Å²) < 4.78 is 6.59. The van der Waals surface area contributed by atoms with Gasteiger partial charge in [0.25, 0.3) is 0 Å². The minimum absolute atomic E-state index is 0.0569. The normalized spacial score (nSPS) is 21.2. The third-order valence-electron chi connectivity index (χ3n) is 3.38. The van der Waals surface area contributed by atoms with Gasteiger partial charge in [0.1, 0.15) is 0 Å². The summed E-state index contributed by atoms with van der Waals surface area (Å²) in [6.45, 7) is 0.929. The van der Waals surface area contributed by atoms with Gasteiger partial charge in [0, 0.05) is 22.1 Å². The fourth-order valence-electron chi connectivity index (χ4n) is 2.39. The Morgan fingerprint density at radius 2 is 2.28 bits per heavy atom. The monoisotopic (exact) mass is 331 g/mol. The van der Waals surface area contributed by atoms with Crippen LogP contribution in [0.2, 0.25) is 5.02 Å². The van der Waals surface area contributed by atoms with Crippen molar-refractivity contribution in [1.29, 1.82) is 0 Å². The first-order valence-corrected chi connectivity index (χ1v) is 7.65. The van der Waals surface area contributed by atoms with Crippen molar-refractivity contribution in [2.24, 2.45) is 5.73 Å². The maximum atomic E-state index is 6.20. The molecule has 1 aliphatic heterocycles. The first kappa shape index (κ1) is 14.3. The lowest BCUT2D eigenvalue weighted by Gasteiger charge is -2.14. The maximum Gasteiger partial charge on any atom is 0.0576 e. The molecular formula is C14H19BrClNO. The zero-order valence-electron chi connectivity index (χ0n) is 10.4. The molecule has 0 aliphatic carbocycles. The van der Waals surface area contributed by atoms with Crippen molar-refractivity contribution in [3.8, 4) is 0 Å². The van der Waals surface area contributed by atoms with Crippen LogP contribution < -0.4 is 5.73 Å². The van der Waals surface area contributed by atoms with E-state index in [4.69, 9.17) is 22.1 Å². The van der Waals surface area contributed by atoms with E-state index >= 15 is 0 Å². The van der Waals surface area contributed by atoms with Gasteiger partial charge < -0.3 is 10.5 Å². The summed E-state index contributed by atoms with van der Waals surface area (Å²) in [7, 11) is 0. The quantitative estimate of drug-likeness (QED) is 0.864. The Hall–Kier alpha value is -0.0900. The summed E-state index contributed by atoms with van der Waals surface area (Å²) in [4.78, 5) is 0. The Bertz CT molecular complexity index is 373. The molecule has 4 heteroatoms. The topological polar surface area (TPSA) is 35.2 Å². The van der Waals surface area contributed by atoms with Crippen LogP contribution in [0.4, 0.5) is 0 Å². The van der Waals surface area contributed by atoms with Gasteiger partial charge in [-0.3, -0.25) is 0 Å². The van der Waals surface area contributed by atoms with Crippen LogP contribution >= 0.6 is 27.5 Å². The van der Waals surface area contributed by atoms with Gasteiger partial charge in [-0.1, -0.05) is 27.5 Å². The van der Waals surface area contributed by atoms with E-state index in [1.54, 1.807) is 0 Å². The van der Waals surface area contributed by atoms with Crippen molar-refractivity contribution in [2.45, 2.75) is 44.2 Å². The summed E-state index contributed by atoms with van der Waals surface area (Å²) in [6, 6.07) is 5.93. The summed E-state index contributed by atoms with van der Waals surface area (Å²) in [5.41, 5.74) is 7.30. The lowest BCUT2D eigenvalue weighted by Crippen LogP contribution is -2.12. The number of nitrogens with two attached hydrogens (primary N) is 1. The molecule has 18 heavy (non-hydrogen) atoms. The second kappa shape index (κ2) is 6.90. The van der Waals surface area contributed by atoms with Crippen molar-refractivity contribution >= 4 is 27.5 Å². The zero-order valence-corrected chi connectivity index (χ0v) is 12.7. The summed E-state index contributed by atoms with van der Waals surface area (Å²) >= 11 is 9.47. The second-order valence-corrected chi connectivity index (χ2v) is 6.23. The molecule has 2 nitrogen and oxygen atoms in total. The summed E-state index contributed by atoms with van der Waals surface area (Å²) in [6.07, 6.45) is 6.08. The van der Waals surface area contributed by atoms with Crippen LogP contribution in [-0.4, -0.2) is 12.7 Å². The molecule has 100 valence electrons. The molecule has 2 unspecified atom stereocenters. The molecule has 2 atom stereocenters. The van der Waals surface area contributed by atoms with Crippen LogP contribution in [0.5, 0.6) is 0 Å². The summed E-state index contributed by atoms with van der Waals surface area (Å²) in [5, 5.41) is 0.731. The zero-order chi connectivity index (χ0) is 13.0. The molecule has 0 spiro atoms. The average Bonchev–Trinajstić information content (AvgIpc) is 2.80. The molecule has 0 aromatic heterocycles. The highest BCUT2D eigenvalue weighted by Crippen LogP contribution is 2.26. The minimum Gasteiger partial charge on any atom is -0.378 e. The highest BCUT2D eigenvalue weighted by atomic mass is 79.9. The molecule has 0 saturated carbocycles. The Morgan fingerprint density at radius 3 is 2.94 bits per heavy atom. The molecule has 1 aliphatic rings. The highest BCUT2D eigenvalue weighted by Gasteiger charge is 2.16. The van der Waals surface area contributed by atoms with Crippen LogP contribution in [0.3, 0.4) is 0 Å². The molecular weight excluding hydrogens is 314 g/mol. The highest BCUT2D eigenvalue weighted by molar-refractivity contribution is 9.10. The van der Waals surface area contributed by atoms with Gasteiger partial charge in [-0.15, -0.1) is 0 Å². The van der Waals surface area contributed by atoms with Crippen LogP contribution in [0.15, 0.2) is 22.7 Å². The van der Waals surface area contributed by atoms with Gasteiger partial charge in [-0.25, -0.2) is 0 Å². The fraction of sp³-hybridized carbons (Fsp3) is 0.571. The molecule has 2 N–H and O–H groups in total. The number of hydrogen-bond acceptors (Lipinski definition) is 2. The molecule has 1 saturated heterocycles. The number of ether oxygens (including phenoxy) is 1. The van der Waals surface area contributed by atoms with Crippen molar-refractivity contribution in [3.63, 3.8) is 0 Å². The van der Waals surface area contributed by atoms with Gasteiger partial charge in [0.2, 0.25) is 0 Å². The first-order valence-electron chi connectivity index (χ1n) is 6.48. The third kappa shape index (κ3) is 4.23. The lowest BCUT2D eigenvalue weighted by atomic mass is 10.00. The van der Waals surface area contributed by atoms with Gasteiger partial charge in [-0.2, -0.15) is 0 Å². The molecule has 1 heterocycles. The van der Waals surface area contributed by atoms with Crippen LogP contribution in [0.25, 0.3) is 0 Å². The Labute approximate surface area is 122 Å². The van der Waals surface area contributed by atoms with E-state index in [0.29, 0.717) is 6.10 Å². The predicted octanol–water partition coefficient (Wildman–Crippen LogP) is 4.45. The largest absolute Gasteiger partial charge is 0.378 e. The standard InChI is InChI=1S/C14H19BrClNO/c15-11-7-10(8-12(16)9-11)14(17)5-1-3-13-4-2-6-18-13/h7-9,13-14H,1-6,17H2. The number of hydrogen-bond donors (Lipinski definition) is 1. The smallest absolute Gasteiger partial charge is 0.0576 e. The van der Waals surface area contributed by atoms with Crippen molar-refractivity contribution in [2.75, 3.05) is 6.61 Å². The molecule has 2 rings (SSSR count).